The Morgan fingerprint density at radius 3 is 2.77 bits per heavy atom. The summed E-state index contributed by atoms with van der Waals surface area (Å²) >= 11 is 0. The van der Waals surface area contributed by atoms with Gasteiger partial charge in [-0.25, -0.2) is 0 Å². The van der Waals surface area contributed by atoms with E-state index in [-0.39, 0.29) is 5.75 Å². The van der Waals surface area contributed by atoms with Crippen LogP contribution in [0.15, 0.2) is 18.2 Å². The zero-order valence-corrected chi connectivity index (χ0v) is 7.36. The Labute approximate surface area is 77.2 Å². The van der Waals surface area contributed by atoms with Crippen molar-refractivity contribution in [2.24, 2.45) is 5.92 Å². The lowest BCUT2D eigenvalue weighted by atomic mass is 10.1. The maximum absolute atomic E-state index is 10.4. The first-order valence-electron chi connectivity index (χ1n) is 4.56. The Morgan fingerprint density at radius 1 is 1.46 bits per heavy atom. The van der Waals surface area contributed by atoms with Crippen LogP contribution < -0.4 is 0 Å². The van der Waals surface area contributed by atoms with Gasteiger partial charge in [0.05, 0.1) is 5.56 Å². The molecule has 1 fully saturated rings. The molecule has 1 aromatic carbocycles. The summed E-state index contributed by atoms with van der Waals surface area (Å²) < 4.78 is 0. The number of phenolic OH excluding ortho intramolecular Hbond substituents is 1. The molecular weight excluding hydrogens is 164 g/mol. The summed E-state index contributed by atoms with van der Waals surface area (Å²) in [6, 6.07) is 5.30. The van der Waals surface area contributed by atoms with Crippen LogP contribution in [-0.4, -0.2) is 11.4 Å². The Hall–Kier alpha value is -1.31. The SMILES string of the molecule is O=Cc1ccc(CC2CC2)cc1O. The van der Waals surface area contributed by atoms with Gasteiger partial charge in [-0.15, -0.1) is 0 Å². The van der Waals surface area contributed by atoms with Gasteiger partial charge < -0.3 is 5.11 Å². The quantitative estimate of drug-likeness (QED) is 0.716. The number of aldehydes is 1. The van der Waals surface area contributed by atoms with E-state index >= 15 is 0 Å². The lowest BCUT2D eigenvalue weighted by Gasteiger charge is -2.01. The van der Waals surface area contributed by atoms with Crippen LogP contribution in [0.4, 0.5) is 0 Å². The fourth-order valence-electron chi connectivity index (χ4n) is 1.47. The zero-order chi connectivity index (χ0) is 9.26. The average Bonchev–Trinajstić information content (AvgIpc) is 2.89. The van der Waals surface area contributed by atoms with Gasteiger partial charge in [-0.1, -0.05) is 6.07 Å². The van der Waals surface area contributed by atoms with Crippen molar-refractivity contribution in [3.8, 4) is 5.75 Å². The van der Waals surface area contributed by atoms with Gasteiger partial charge in [-0.05, 0) is 42.9 Å². The third-order valence-corrected chi connectivity index (χ3v) is 2.44. The fourth-order valence-corrected chi connectivity index (χ4v) is 1.47. The van der Waals surface area contributed by atoms with Gasteiger partial charge in [0.2, 0.25) is 0 Å². The van der Waals surface area contributed by atoms with Crippen molar-refractivity contribution in [1.82, 2.24) is 0 Å². The van der Waals surface area contributed by atoms with Gasteiger partial charge in [0.1, 0.15) is 5.75 Å². The van der Waals surface area contributed by atoms with E-state index in [9.17, 15) is 9.90 Å². The van der Waals surface area contributed by atoms with Gasteiger partial charge in [-0.3, -0.25) is 4.79 Å². The topological polar surface area (TPSA) is 37.3 Å². The molecule has 2 rings (SSSR count). The molecule has 1 N–H and O–H groups in total. The number of rotatable bonds is 3. The number of carbonyl (C=O) groups excluding carboxylic acids is 1. The van der Waals surface area contributed by atoms with Gasteiger partial charge >= 0.3 is 0 Å². The standard InChI is InChI=1S/C11H12O2/c12-7-10-4-3-9(6-11(10)13)5-8-1-2-8/h3-4,6-8,13H,1-2,5H2. The molecule has 0 radical (unpaired) electrons. The average molecular weight is 176 g/mol. The van der Waals surface area contributed by atoms with Crippen molar-refractivity contribution in [3.63, 3.8) is 0 Å². The van der Waals surface area contributed by atoms with E-state index in [1.165, 1.54) is 12.8 Å². The minimum atomic E-state index is 0.105. The summed E-state index contributed by atoms with van der Waals surface area (Å²) in [7, 11) is 0. The number of carbonyl (C=O) groups is 1. The highest BCUT2D eigenvalue weighted by molar-refractivity contribution is 5.79. The van der Waals surface area contributed by atoms with Gasteiger partial charge in [-0.2, -0.15) is 0 Å². The highest BCUT2D eigenvalue weighted by atomic mass is 16.3. The first-order chi connectivity index (χ1) is 6.29. The van der Waals surface area contributed by atoms with Gasteiger partial charge in [0.25, 0.3) is 0 Å². The summed E-state index contributed by atoms with van der Waals surface area (Å²) in [4.78, 5) is 10.4. The predicted octanol–water partition coefficient (Wildman–Crippen LogP) is 2.16. The minimum Gasteiger partial charge on any atom is -0.507 e. The second kappa shape index (κ2) is 3.21. The molecule has 1 aromatic rings. The highest BCUT2D eigenvalue weighted by Crippen LogP contribution is 2.33. The Bertz CT molecular complexity index is 327. The molecule has 1 aliphatic rings. The minimum absolute atomic E-state index is 0.105. The second-order valence-electron chi connectivity index (χ2n) is 3.66. The van der Waals surface area contributed by atoms with E-state index in [4.69, 9.17) is 0 Å². The van der Waals surface area contributed by atoms with Crippen LogP contribution in [0.1, 0.15) is 28.8 Å². The lowest BCUT2D eigenvalue weighted by Crippen LogP contribution is -1.88. The van der Waals surface area contributed by atoms with Crippen LogP contribution in [0.25, 0.3) is 0 Å². The first kappa shape index (κ1) is 8.30. The van der Waals surface area contributed by atoms with Crippen LogP contribution in [0.5, 0.6) is 5.75 Å². The number of phenols is 1. The zero-order valence-electron chi connectivity index (χ0n) is 7.36. The molecule has 0 atom stereocenters. The number of benzene rings is 1. The van der Waals surface area contributed by atoms with Crippen molar-refractivity contribution in [3.05, 3.63) is 29.3 Å². The Kier molecular flexibility index (Phi) is 2.05. The number of hydrogen-bond acceptors (Lipinski definition) is 2. The molecule has 1 saturated carbocycles. The van der Waals surface area contributed by atoms with E-state index in [0.717, 1.165) is 17.9 Å². The molecule has 0 unspecified atom stereocenters. The molecule has 0 bridgehead atoms. The molecule has 0 heterocycles. The van der Waals surface area contributed by atoms with Crippen LogP contribution >= 0.6 is 0 Å². The summed E-state index contributed by atoms with van der Waals surface area (Å²) in [5.41, 5.74) is 1.50. The molecule has 2 heteroatoms. The first-order valence-corrected chi connectivity index (χ1v) is 4.56. The molecular formula is C11H12O2. The van der Waals surface area contributed by atoms with Crippen LogP contribution in [0.3, 0.4) is 0 Å². The van der Waals surface area contributed by atoms with Crippen LogP contribution in [-0.2, 0) is 6.42 Å². The predicted molar refractivity (Wildman–Crippen MR) is 49.9 cm³/mol. The monoisotopic (exact) mass is 176 g/mol. The summed E-state index contributed by atoms with van der Waals surface area (Å²) in [5.74, 6) is 0.912. The molecule has 0 saturated heterocycles. The fraction of sp³-hybridized carbons (Fsp3) is 0.364. The molecule has 68 valence electrons. The summed E-state index contributed by atoms with van der Waals surface area (Å²) in [6.45, 7) is 0. The number of hydrogen-bond donors (Lipinski definition) is 1. The second-order valence-corrected chi connectivity index (χ2v) is 3.66. The Balaban J connectivity index is 2.18. The smallest absolute Gasteiger partial charge is 0.153 e. The van der Waals surface area contributed by atoms with E-state index < -0.39 is 0 Å². The Morgan fingerprint density at radius 2 is 2.23 bits per heavy atom. The molecule has 2 nitrogen and oxygen atoms in total. The normalized spacial score (nSPS) is 15.7. The van der Waals surface area contributed by atoms with E-state index in [0.29, 0.717) is 11.8 Å². The molecule has 0 aliphatic heterocycles. The van der Waals surface area contributed by atoms with E-state index in [1.54, 1.807) is 12.1 Å². The number of aromatic hydroxyl groups is 1. The molecule has 0 spiro atoms. The molecule has 0 aromatic heterocycles. The van der Waals surface area contributed by atoms with Crippen LogP contribution in [0.2, 0.25) is 0 Å². The van der Waals surface area contributed by atoms with Crippen molar-refractivity contribution in [2.75, 3.05) is 0 Å². The van der Waals surface area contributed by atoms with Gasteiger partial charge in [0, 0.05) is 0 Å². The maximum atomic E-state index is 10.4. The summed E-state index contributed by atoms with van der Waals surface area (Å²) in [5, 5.41) is 9.39. The lowest BCUT2D eigenvalue weighted by molar-refractivity contribution is 0.112. The third-order valence-electron chi connectivity index (χ3n) is 2.44. The molecule has 13 heavy (non-hydrogen) atoms. The largest absolute Gasteiger partial charge is 0.507 e. The summed E-state index contributed by atoms with van der Waals surface area (Å²) in [6.07, 6.45) is 4.31. The highest BCUT2D eigenvalue weighted by Gasteiger charge is 2.21. The van der Waals surface area contributed by atoms with Gasteiger partial charge in [0.15, 0.2) is 6.29 Å². The van der Waals surface area contributed by atoms with Crippen molar-refractivity contribution < 1.29 is 9.90 Å². The van der Waals surface area contributed by atoms with Crippen molar-refractivity contribution in [1.29, 1.82) is 0 Å². The third kappa shape index (κ3) is 1.89. The van der Waals surface area contributed by atoms with Crippen LogP contribution in [0, 0.1) is 5.92 Å². The molecule has 1 aliphatic carbocycles. The van der Waals surface area contributed by atoms with Crippen molar-refractivity contribution >= 4 is 6.29 Å². The van der Waals surface area contributed by atoms with E-state index in [1.807, 2.05) is 6.07 Å². The van der Waals surface area contributed by atoms with E-state index in [2.05, 4.69) is 0 Å². The maximum Gasteiger partial charge on any atom is 0.153 e. The molecule has 0 amide bonds. The van der Waals surface area contributed by atoms with Crippen molar-refractivity contribution in [2.45, 2.75) is 19.3 Å².